The molecule has 0 fully saturated rings. The van der Waals surface area contributed by atoms with Crippen molar-refractivity contribution in [2.45, 2.75) is 6.54 Å². The maximum atomic E-state index is 4.59. The van der Waals surface area contributed by atoms with Crippen molar-refractivity contribution in [3.05, 3.63) is 47.8 Å². The van der Waals surface area contributed by atoms with Crippen molar-refractivity contribution in [2.24, 2.45) is 0 Å². The highest BCUT2D eigenvalue weighted by Gasteiger charge is 2.06. The second kappa shape index (κ2) is 2.84. The molecule has 2 heterocycles. The van der Waals surface area contributed by atoms with E-state index in [9.17, 15) is 0 Å². The average Bonchev–Trinajstić information content (AvgIpc) is 2.26. The van der Waals surface area contributed by atoms with Crippen molar-refractivity contribution in [3.8, 4) is 0 Å². The Morgan fingerprint density at radius 1 is 1.21 bits per heavy atom. The Labute approximate surface area is 82.3 Å². The van der Waals surface area contributed by atoms with Gasteiger partial charge in [0.25, 0.3) is 0 Å². The van der Waals surface area contributed by atoms with E-state index in [2.05, 4.69) is 22.4 Å². The number of benzene rings is 1. The van der Waals surface area contributed by atoms with Crippen molar-refractivity contribution >= 4 is 17.0 Å². The second-order valence-electron chi connectivity index (χ2n) is 3.44. The summed E-state index contributed by atoms with van der Waals surface area (Å²) in [6, 6.07) is 10.4. The van der Waals surface area contributed by atoms with E-state index in [1.54, 1.807) is 0 Å². The molecule has 14 heavy (non-hydrogen) atoms. The third-order valence-corrected chi connectivity index (χ3v) is 2.49. The minimum absolute atomic E-state index is 0.879. The quantitative estimate of drug-likeness (QED) is 0.676. The van der Waals surface area contributed by atoms with Crippen LogP contribution in [0, 0.1) is 0 Å². The predicted molar refractivity (Wildman–Crippen MR) is 57.6 cm³/mol. The Hall–Kier alpha value is -1.83. The minimum Gasteiger partial charge on any atom is -0.387 e. The zero-order valence-electron chi connectivity index (χ0n) is 7.70. The SMILES string of the molecule is C1=Cc2nc3ccccc3cc2CN1. The van der Waals surface area contributed by atoms with Crippen LogP contribution in [0.5, 0.6) is 0 Å². The van der Waals surface area contributed by atoms with Crippen molar-refractivity contribution in [1.29, 1.82) is 0 Å². The van der Waals surface area contributed by atoms with Gasteiger partial charge in [0.2, 0.25) is 0 Å². The molecule has 1 aromatic heterocycles. The van der Waals surface area contributed by atoms with Gasteiger partial charge in [0.15, 0.2) is 0 Å². The number of hydrogen-bond acceptors (Lipinski definition) is 2. The zero-order valence-corrected chi connectivity index (χ0v) is 7.70. The number of para-hydroxylation sites is 1. The van der Waals surface area contributed by atoms with E-state index >= 15 is 0 Å². The highest BCUT2D eigenvalue weighted by molar-refractivity contribution is 5.81. The first-order valence-electron chi connectivity index (χ1n) is 4.72. The molecule has 0 unspecified atom stereocenters. The number of hydrogen-bond donors (Lipinski definition) is 1. The van der Waals surface area contributed by atoms with Gasteiger partial charge in [-0.25, -0.2) is 4.98 Å². The fourth-order valence-corrected chi connectivity index (χ4v) is 1.77. The van der Waals surface area contributed by atoms with Gasteiger partial charge in [-0.15, -0.1) is 0 Å². The lowest BCUT2D eigenvalue weighted by molar-refractivity contribution is 0.852. The highest BCUT2D eigenvalue weighted by Crippen LogP contribution is 2.19. The number of fused-ring (bicyclic) bond motifs is 2. The summed E-state index contributed by atoms with van der Waals surface area (Å²) in [5.41, 5.74) is 3.42. The highest BCUT2D eigenvalue weighted by atomic mass is 14.9. The summed E-state index contributed by atoms with van der Waals surface area (Å²) in [6.07, 6.45) is 3.97. The summed E-state index contributed by atoms with van der Waals surface area (Å²) in [6.45, 7) is 0.879. The zero-order chi connectivity index (χ0) is 9.38. The lowest BCUT2D eigenvalue weighted by Crippen LogP contribution is -2.11. The molecular weight excluding hydrogens is 172 g/mol. The Morgan fingerprint density at radius 2 is 2.14 bits per heavy atom. The normalized spacial score (nSPS) is 13.7. The summed E-state index contributed by atoms with van der Waals surface area (Å²) in [7, 11) is 0. The van der Waals surface area contributed by atoms with Crippen LogP contribution >= 0.6 is 0 Å². The summed E-state index contributed by atoms with van der Waals surface area (Å²) >= 11 is 0. The smallest absolute Gasteiger partial charge is 0.0709 e. The molecule has 0 radical (unpaired) electrons. The largest absolute Gasteiger partial charge is 0.387 e. The maximum absolute atomic E-state index is 4.59. The van der Waals surface area contributed by atoms with Crippen molar-refractivity contribution in [1.82, 2.24) is 10.3 Å². The third-order valence-electron chi connectivity index (χ3n) is 2.49. The van der Waals surface area contributed by atoms with Crippen LogP contribution < -0.4 is 5.32 Å². The molecular formula is C12H10N2. The van der Waals surface area contributed by atoms with Gasteiger partial charge >= 0.3 is 0 Å². The van der Waals surface area contributed by atoms with E-state index < -0.39 is 0 Å². The number of nitrogens with one attached hydrogen (secondary N) is 1. The first-order chi connectivity index (χ1) is 6.93. The predicted octanol–water partition coefficient (Wildman–Crippen LogP) is 2.31. The Bertz CT molecular complexity index is 515. The van der Waals surface area contributed by atoms with Crippen molar-refractivity contribution < 1.29 is 0 Å². The molecule has 1 N–H and O–H groups in total. The molecule has 1 aromatic carbocycles. The maximum Gasteiger partial charge on any atom is 0.0709 e. The second-order valence-corrected chi connectivity index (χ2v) is 3.44. The Balaban J connectivity index is 2.34. The van der Waals surface area contributed by atoms with Crippen LogP contribution in [0.1, 0.15) is 11.3 Å². The lowest BCUT2D eigenvalue weighted by Gasteiger charge is -2.11. The lowest BCUT2D eigenvalue weighted by atomic mass is 10.1. The molecule has 0 saturated heterocycles. The third kappa shape index (κ3) is 1.08. The van der Waals surface area contributed by atoms with Gasteiger partial charge in [0.1, 0.15) is 0 Å². The van der Waals surface area contributed by atoms with E-state index in [1.165, 1.54) is 10.9 Å². The van der Waals surface area contributed by atoms with Gasteiger partial charge < -0.3 is 5.32 Å². The monoisotopic (exact) mass is 182 g/mol. The molecule has 0 saturated carbocycles. The summed E-state index contributed by atoms with van der Waals surface area (Å²) in [4.78, 5) is 4.59. The van der Waals surface area contributed by atoms with E-state index in [0.717, 1.165) is 17.8 Å². The van der Waals surface area contributed by atoms with Gasteiger partial charge in [0, 0.05) is 11.9 Å². The summed E-state index contributed by atoms with van der Waals surface area (Å²) in [5.74, 6) is 0. The van der Waals surface area contributed by atoms with E-state index in [-0.39, 0.29) is 0 Å². The first kappa shape index (κ1) is 7.56. The van der Waals surface area contributed by atoms with Crippen LogP contribution in [0.2, 0.25) is 0 Å². The van der Waals surface area contributed by atoms with Crippen LogP contribution in [0.4, 0.5) is 0 Å². The van der Waals surface area contributed by atoms with Crippen LogP contribution in [0.3, 0.4) is 0 Å². The molecule has 0 amide bonds. The molecule has 0 atom stereocenters. The fourth-order valence-electron chi connectivity index (χ4n) is 1.77. The molecule has 0 aliphatic carbocycles. The molecule has 2 nitrogen and oxygen atoms in total. The molecule has 2 heteroatoms. The summed E-state index contributed by atoms with van der Waals surface area (Å²) < 4.78 is 0. The number of rotatable bonds is 0. The molecule has 0 spiro atoms. The van der Waals surface area contributed by atoms with Crippen LogP contribution in [0.15, 0.2) is 36.5 Å². The van der Waals surface area contributed by atoms with Crippen LogP contribution in [-0.2, 0) is 6.54 Å². The first-order valence-corrected chi connectivity index (χ1v) is 4.72. The van der Waals surface area contributed by atoms with Gasteiger partial charge in [-0.1, -0.05) is 18.2 Å². The fraction of sp³-hybridized carbons (Fsp3) is 0.0833. The van der Waals surface area contributed by atoms with Crippen LogP contribution in [-0.4, -0.2) is 4.98 Å². The van der Waals surface area contributed by atoms with Crippen molar-refractivity contribution in [2.75, 3.05) is 0 Å². The molecule has 2 aromatic rings. The van der Waals surface area contributed by atoms with E-state index in [1.807, 2.05) is 30.5 Å². The molecule has 68 valence electrons. The summed E-state index contributed by atoms with van der Waals surface area (Å²) in [5, 5.41) is 4.40. The van der Waals surface area contributed by atoms with E-state index in [0.29, 0.717) is 0 Å². The molecule has 1 aliphatic heterocycles. The molecule has 1 aliphatic rings. The van der Waals surface area contributed by atoms with Gasteiger partial charge in [0.05, 0.1) is 11.2 Å². The van der Waals surface area contributed by atoms with Gasteiger partial charge in [-0.05, 0) is 30.0 Å². The van der Waals surface area contributed by atoms with Gasteiger partial charge in [-0.3, -0.25) is 0 Å². The standard InChI is InChI=1S/C12H10N2/c1-2-4-11-9(3-1)7-10-8-13-6-5-12(10)14-11/h1-7,13H,8H2. The number of pyridine rings is 1. The topological polar surface area (TPSA) is 24.9 Å². The van der Waals surface area contributed by atoms with Crippen LogP contribution in [0.25, 0.3) is 17.0 Å². The minimum atomic E-state index is 0.879. The van der Waals surface area contributed by atoms with Gasteiger partial charge in [-0.2, -0.15) is 0 Å². The van der Waals surface area contributed by atoms with Crippen molar-refractivity contribution in [3.63, 3.8) is 0 Å². The van der Waals surface area contributed by atoms with E-state index in [4.69, 9.17) is 0 Å². The molecule has 0 bridgehead atoms. The molecule has 3 rings (SSSR count). The number of aromatic nitrogens is 1. The average molecular weight is 182 g/mol. The Kier molecular flexibility index (Phi) is 1.53. The Morgan fingerprint density at radius 3 is 3.14 bits per heavy atom. The number of nitrogens with zero attached hydrogens (tertiary/aromatic N) is 1.